The average Bonchev–Trinajstić information content (AvgIpc) is 3.02. The Morgan fingerprint density at radius 3 is 2.86 bits per heavy atom. The van der Waals surface area contributed by atoms with E-state index in [-0.39, 0.29) is 5.91 Å². The van der Waals surface area contributed by atoms with Gasteiger partial charge in [-0.1, -0.05) is 0 Å². The molecule has 1 aromatic rings. The summed E-state index contributed by atoms with van der Waals surface area (Å²) in [6.07, 6.45) is 5.61. The lowest BCUT2D eigenvalue weighted by molar-refractivity contribution is -0.133. The summed E-state index contributed by atoms with van der Waals surface area (Å²) in [5, 5.41) is 14.1. The summed E-state index contributed by atoms with van der Waals surface area (Å²) in [5.41, 5.74) is -0.642. The maximum absolute atomic E-state index is 11.4. The Labute approximate surface area is 135 Å². The number of piperidine rings is 2. The molecule has 6 heteroatoms. The number of hydrogen-bond donors (Lipinski definition) is 1. The second-order valence-electron chi connectivity index (χ2n) is 6.68. The van der Waals surface area contributed by atoms with E-state index >= 15 is 0 Å². The Morgan fingerprint density at radius 2 is 2.23 bits per heavy atom. The van der Waals surface area contributed by atoms with E-state index in [9.17, 15) is 9.90 Å². The minimum Gasteiger partial charge on any atom is -0.388 e. The van der Waals surface area contributed by atoms with Crippen LogP contribution in [0.2, 0.25) is 0 Å². The summed E-state index contributed by atoms with van der Waals surface area (Å²) in [6.45, 7) is 5.73. The molecule has 122 valence electrons. The number of β-amino-alcohol motifs (C(OH)–C–C–N with tert-alkyl or cyclic N) is 1. The summed E-state index contributed by atoms with van der Waals surface area (Å²) in [6, 6.07) is 0. The third-order valence-corrected chi connectivity index (χ3v) is 5.90. The van der Waals surface area contributed by atoms with Crippen molar-refractivity contribution in [1.82, 2.24) is 14.8 Å². The predicted octanol–water partition coefficient (Wildman–Crippen LogP) is 1.70. The van der Waals surface area contributed by atoms with Crippen molar-refractivity contribution < 1.29 is 9.90 Å². The molecule has 1 amide bonds. The first-order valence-corrected chi connectivity index (χ1v) is 9.03. The number of nitrogens with zero attached hydrogens (tertiary/aromatic N) is 3. The molecule has 22 heavy (non-hydrogen) atoms. The Morgan fingerprint density at radius 1 is 1.45 bits per heavy atom. The molecule has 3 heterocycles. The topological polar surface area (TPSA) is 56.7 Å². The Hall–Kier alpha value is -0.980. The molecule has 0 aromatic carbocycles. The lowest BCUT2D eigenvalue weighted by atomic mass is 9.89. The van der Waals surface area contributed by atoms with E-state index in [0.717, 1.165) is 19.6 Å². The van der Waals surface area contributed by atoms with Crippen molar-refractivity contribution in [2.24, 2.45) is 0 Å². The molecule has 1 atom stereocenters. The van der Waals surface area contributed by atoms with Crippen molar-refractivity contribution in [2.75, 3.05) is 32.7 Å². The average molecular weight is 323 g/mol. The lowest BCUT2D eigenvalue weighted by Gasteiger charge is -2.42. The van der Waals surface area contributed by atoms with Crippen LogP contribution in [0.1, 0.15) is 43.5 Å². The van der Waals surface area contributed by atoms with Crippen LogP contribution in [0.15, 0.2) is 11.6 Å². The summed E-state index contributed by atoms with van der Waals surface area (Å²) < 4.78 is 0. The molecule has 1 aromatic heterocycles. The molecule has 1 N–H and O–H groups in total. The summed E-state index contributed by atoms with van der Waals surface area (Å²) in [7, 11) is 0. The number of rotatable bonds is 3. The number of carbonyl (C=O) groups excluding carboxylic acids is 1. The number of aromatic nitrogens is 1. The van der Waals surface area contributed by atoms with Gasteiger partial charge in [0.2, 0.25) is 5.91 Å². The Kier molecular flexibility index (Phi) is 4.80. The van der Waals surface area contributed by atoms with Crippen molar-refractivity contribution >= 4 is 17.2 Å². The van der Waals surface area contributed by atoms with Gasteiger partial charge in [-0.3, -0.25) is 9.69 Å². The van der Waals surface area contributed by atoms with E-state index in [1.165, 1.54) is 17.8 Å². The van der Waals surface area contributed by atoms with Crippen LogP contribution in [0.5, 0.6) is 0 Å². The molecule has 3 rings (SSSR count). The highest BCUT2D eigenvalue weighted by molar-refractivity contribution is 7.09. The van der Waals surface area contributed by atoms with Crippen LogP contribution >= 0.6 is 11.3 Å². The molecule has 0 spiro atoms. The number of carbonyl (C=O) groups is 1. The Bertz CT molecular complexity index is 497. The van der Waals surface area contributed by atoms with Crippen molar-refractivity contribution in [3.63, 3.8) is 0 Å². The number of aliphatic hydroxyl groups is 1. The van der Waals surface area contributed by atoms with Crippen LogP contribution < -0.4 is 0 Å². The van der Waals surface area contributed by atoms with Gasteiger partial charge in [-0.2, -0.15) is 0 Å². The molecule has 0 bridgehead atoms. The first kappa shape index (κ1) is 15.9. The van der Waals surface area contributed by atoms with Gasteiger partial charge in [0.1, 0.15) is 0 Å². The predicted molar refractivity (Wildman–Crippen MR) is 87.0 cm³/mol. The van der Waals surface area contributed by atoms with Crippen LogP contribution in [-0.2, 0) is 4.79 Å². The monoisotopic (exact) mass is 323 g/mol. The molecule has 0 unspecified atom stereocenters. The summed E-state index contributed by atoms with van der Waals surface area (Å²) in [4.78, 5) is 20.1. The van der Waals surface area contributed by atoms with Crippen molar-refractivity contribution in [2.45, 2.75) is 44.1 Å². The van der Waals surface area contributed by atoms with E-state index in [4.69, 9.17) is 0 Å². The third-order valence-electron chi connectivity index (χ3n) is 4.96. The van der Waals surface area contributed by atoms with Gasteiger partial charge in [0.15, 0.2) is 0 Å². The van der Waals surface area contributed by atoms with Gasteiger partial charge in [0.05, 0.1) is 10.6 Å². The third kappa shape index (κ3) is 3.67. The van der Waals surface area contributed by atoms with Crippen LogP contribution in [0.3, 0.4) is 0 Å². The summed E-state index contributed by atoms with van der Waals surface area (Å²) >= 11 is 1.74. The normalized spacial score (nSPS) is 26.1. The minimum atomic E-state index is -0.642. The van der Waals surface area contributed by atoms with Crippen LogP contribution in [0.4, 0.5) is 0 Å². The molecule has 0 radical (unpaired) electrons. The lowest BCUT2D eigenvalue weighted by Crippen LogP contribution is -2.53. The van der Waals surface area contributed by atoms with E-state index in [1.807, 2.05) is 16.5 Å². The van der Waals surface area contributed by atoms with Crippen LogP contribution in [-0.4, -0.2) is 64.1 Å². The first-order valence-electron chi connectivity index (χ1n) is 8.15. The minimum absolute atomic E-state index is 0.115. The molecule has 5 nitrogen and oxygen atoms in total. The van der Waals surface area contributed by atoms with E-state index in [0.29, 0.717) is 31.8 Å². The number of likely N-dealkylation sites (tertiary alicyclic amines) is 2. The maximum atomic E-state index is 11.4. The highest BCUT2D eigenvalue weighted by Crippen LogP contribution is 2.31. The second kappa shape index (κ2) is 6.64. The van der Waals surface area contributed by atoms with Gasteiger partial charge in [-0.15, -0.1) is 11.3 Å². The zero-order valence-corrected chi connectivity index (χ0v) is 14.0. The number of amides is 1. The molecule has 2 aliphatic rings. The molecule has 2 aliphatic heterocycles. The number of hydrogen-bond acceptors (Lipinski definition) is 5. The van der Waals surface area contributed by atoms with Crippen LogP contribution in [0.25, 0.3) is 0 Å². The fraction of sp³-hybridized carbons (Fsp3) is 0.750. The van der Waals surface area contributed by atoms with Gasteiger partial charge in [0.25, 0.3) is 0 Å². The smallest absolute Gasteiger partial charge is 0.219 e. The van der Waals surface area contributed by atoms with Gasteiger partial charge < -0.3 is 10.0 Å². The van der Waals surface area contributed by atoms with E-state index < -0.39 is 5.60 Å². The van der Waals surface area contributed by atoms with Crippen molar-refractivity contribution in [1.29, 1.82) is 0 Å². The quantitative estimate of drug-likeness (QED) is 0.920. The summed E-state index contributed by atoms with van der Waals surface area (Å²) in [5.74, 6) is 0.624. The van der Waals surface area contributed by atoms with Gasteiger partial charge in [-0.05, 0) is 32.2 Å². The van der Waals surface area contributed by atoms with Gasteiger partial charge >= 0.3 is 0 Å². The van der Waals surface area contributed by atoms with Gasteiger partial charge in [-0.25, -0.2) is 4.98 Å². The van der Waals surface area contributed by atoms with E-state index in [1.54, 1.807) is 18.3 Å². The standard InChI is InChI=1S/C16H25N3O2S/c1-13(20)19-8-4-16(21,5-9-19)12-18-7-2-3-14(11-18)15-17-6-10-22-15/h6,10,14,21H,2-5,7-9,11-12H2,1H3/t14-/m0/s1. The van der Waals surface area contributed by atoms with Gasteiger partial charge in [0, 0.05) is 50.6 Å². The fourth-order valence-corrected chi connectivity index (χ4v) is 4.42. The van der Waals surface area contributed by atoms with Crippen molar-refractivity contribution in [3.05, 3.63) is 16.6 Å². The molecular formula is C16H25N3O2S. The SMILES string of the molecule is CC(=O)N1CCC(O)(CN2CCC[C@H](c3nccs3)C2)CC1. The molecule has 0 saturated carbocycles. The Balaban J connectivity index is 1.55. The van der Waals surface area contributed by atoms with E-state index in [2.05, 4.69) is 9.88 Å². The van der Waals surface area contributed by atoms with Crippen LogP contribution in [0, 0.1) is 0 Å². The zero-order chi connectivity index (χ0) is 15.6. The van der Waals surface area contributed by atoms with Crippen molar-refractivity contribution in [3.8, 4) is 0 Å². The largest absolute Gasteiger partial charge is 0.388 e. The molecule has 2 saturated heterocycles. The highest BCUT2D eigenvalue weighted by Gasteiger charge is 2.36. The molecule has 2 fully saturated rings. The highest BCUT2D eigenvalue weighted by atomic mass is 32.1. The molecule has 0 aliphatic carbocycles. The number of thiazole rings is 1. The fourth-order valence-electron chi connectivity index (χ4n) is 3.65. The molecular weight excluding hydrogens is 298 g/mol. The first-order chi connectivity index (χ1) is 10.6. The zero-order valence-electron chi connectivity index (χ0n) is 13.2. The maximum Gasteiger partial charge on any atom is 0.219 e. The second-order valence-corrected chi connectivity index (χ2v) is 7.60.